The highest BCUT2D eigenvalue weighted by Crippen LogP contribution is 2.21. The number of fused-ring (bicyclic) bond motifs is 1. The molecule has 0 atom stereocenters. The van der Waals surface area contributed by atoms with Crippen LogP contribution in [0, 0.1) is 0 Å². The van der Waals surface area contributed by atoms with Crippen LogP contribution in [0.3, 0.4) is 0 Å². The number of carbonyl (C=O) groups is 1. The van der Waals surface area contributed by atoms with E-state index in [1.807, 2.05) is 36.4 Å². The number of carboxylic acids is 1. The van der Waals surface area contributed by atoms with Gasteiger partial charge in [-0.2, -0.15) is 0 Å². The summed E-state index contributed by atoms with van der Waals surface area (Å²) in [5.41, 5.74) is 1.88. The Labute approximate surface area is 98.5 Å². The maximum atomic E-state index is 10.7. The summed E-state index contributed by atoms with van der Waals surface area (Å²) in [7, 11) is 0. The second-order valence-electron chi connectivity index (χ2n) is 3.68. The number of benzene rings is 2. The van der Waals surface area contributed by atoms with Gasteiger partial charge in [0.05, 0.1) is 6.42 Å². The molecular weight excluding hydrogens is 224 g/mol. The van der Waals surface area contributed by atoms with E-state index in [0.717, 1.165) is 21.9 Å². The molecule has 0 bridgehead atoms. The summed E-state index contributed by atoms with van der Waals surface area (Å²) < 4.78 is 0. The first-order chi connectivity index (χ1) is 7.70. The van der Waals surface area contributed by atoms with Crippen LogP contribution in [-0.2, 0) is 17.1 Å². The van der Waals surface area contributed by atoms with Gasteiger partial charge in [0, 0.05) is 5.88 Å². The van der Waals surface area contributed by atoms with E-state index in [-0.39, 0.29) is 6.42 Å². The molecule has 1 N–H and O–H groups in total. The van der Waals surface area contributed by atoms with Gasteiger partial charge in [0.1, 0.15) is 0 Å². The molecule has 82 valence electrons. The quantitative estimate of drug-likeness (QED) is 0.828. The van der Waals surface area contributed by atoms with Crippen molar-refractivity contribution in [3.63, 3.8) is 0 Å². The van der Waals surface area contributed by atoms with Gasteiger partial charge in [0.15, 0.2) is 0 Å². The highest BCUT2D eigenvalue weighted by Gasteiger charge is 2.05. The molecule has 0 unspecified atom stereocenters. The number of carboxylic acid groups (broad SMARTS) is 1. The molecule has 0 fully saturated rings. The lowest BCUT2D eigenvalue weighted by Crippen LogP contribution is -2.00. The zero-order valence-electron chi connectivity index (χ0n) is 8.61. The van der Waals surface area contributed by atoms with Crippen LogP contribution in [-0.4, -0.2) is 11.1 Å². The van der Waals surface area contributed by atoms with Crippen LogP contribution < -0.4 is 0 Å². The third-order valence-corrected chi connectivity index (χ3v) is 2.84. The lowest BCUT2D eigenvalue weighted by molar-refractivity contribution is -0.136. The van der Waals surface area contributed by atoms with E-state index in [4.69, 9.17) is 16.7 Å². The number of halogens is 1. The zero-order chi connectivity index (χ0) is 11.5. The van der Waals surface area contributed by atoms with Crippen LogP contribution in [0.25, 0.3) is 10.8 Å². The van der Waals surface area contributed by atoms with E-state index in [2.05, 4.69) is 0 Å². The van der Waals surface area contributed by atoms with Crippen LogP contribution >= 0.6 is 11.6 Å². The zero-order valence-corrected chi connectivity index (χ0v) is 9.37. The standard InChI is InChI=1S/C13H11ClO2/c14-8-9-4-5-12-10(6-9)2-1-3-11(12)7-13(15)16/h1-6H,7-8H2,(H,15,16). The van der Waals surface area contributed by atoms with Gasteiger partial charge >= 0.3 is 5.97 Å². The Morgan fingerprint density at radius 2 is 2.06 bits per heavy atom. The third kappa shape index (κ3) is 2.17. The molecule has 0 aliphatic heterocycles. The van der Waals surface area contributed by atoms with Crippen molar-refractivity contribution in [3.8, 4) is 0 Å². The lowest BCUT2D eigenvalue weighted by atomic mass is 10.0. The molecule has 0 amide bonds. The summed E-state index contributed by atoms with van der Waals surface area (Å²) in [5, 5.41) is 10.8. The highest BCUT2D eigenvalue weighted by atomic mass is 35.5. The van der Waals surface area contributed by atoms with Crippen molar-refractivity contribution in [3.05, 3.63) is 47.5 Å². The molecule has 0 radical (unpaired) electrons. The first-order valence-corrected chi connectivity index (χ1v) is 5.52. The normalized spacial score (nSPS) is 10.6. The molecule has 0 aromatic heterocycles. The van der Waals surface area contributed by atoms with Gasteiger partial charge in [-0.15, -0.1) is 11.6 Å². The van der Waals surface area contributed by atoms with Crippen LogP contribution in [0.15, 0.2) is 36.4 Å². The van der Waals surface area contributed by atoms with E-state index < -0.39 is 5.97 Å². The van der Waals surface area contributed by atoms with Crippen molar-refractivity contribution >= 4 is 28.3 Å². The average molecular weight is 235 g/mol. The Kier molecular flexibility index (Phi) is 3.11. The molecule has 2 aromatic carbocycles. The van der Waals surface area contributed by atoms with Gasteiger partial charge in [0.2, 0.25) is 0 Å². The second kappa shape index (κ2) is 4.54. The Hall–Kier alpha value is -1.54. The lowest BCUT2D eigenvalue weighted by Gasteiger charge is -2.05. The number of rotatable bonds is 3. The fourth-order valence-electron chi connectivity index (χ4n) is 1.80. The molecular formula is C13H11ClO2. The maximum absolute atomic E-state index is 10.7. The van der Waals surface area contributed by atoms with Crippen LogP contribution in [0.5, 0.6) is 0 Å². The van der Waals surface area contributed by atoms with Gasteiger partial charge in [-0.1, -0.05) is 30.3 Å². The highest BCUT2D eigenvalue weighted by molar-refractivity contribution is 6.17. The van der Waals surface area contributed by atoms with Gasteiger partial charge in [0.25, 0.3) is 0 Å². The molecule has 0 saturated heterocycles. The fraction of sp³-hybridized carbons (Fsp3) is 0.154. The average Bonchev–Trinajstić information content (AvgIpc) is 2.28. The number of hydrogen-bond acceptors (Lipinski definition) is 1. The summed E-state index contributed by atoms with van der Waals surface area (Å²) in [6.07, 6.45) is 0.0531. The molecule has 0 aliphatic rings. The van der Waals surface area contributed by atoms with Crippen molar-refractivity contribution < 1.29 is 9.90 Å². The second-order valence-corrected chi connectivity index (χ2v) is 3.94. The summed E-state index contributed by atoms with van der Waals surface area (Å²) in [5.74, 6) is -0.340. The molecule has 3 heteroatoms. The van der Waals surface area contributed by atoms with E-state index in [0.29, 0.717) is 5.88 Å². The van der Waals surface area contributed by atoms with Gasteiger partial charge in [-0.3, -0.25) is 4.79 Å². The Balaban J connectivity index is 2.55. The molecule has 0 spiro atoms. The van der Waals surface area contributed by atoms with E-state index in [1.165, 1.54) is 0 Å². The minimum Gasteiger partial charge on any atom is -0.481 e. The fourth-order valence-corrected chi connectivity index (χ4v) is 1.97. The van der Waals surface area contributed by atoms with Crippen molar-refractivity contribution in [2.24, 2.45) is 0 Å². The minimum absolute atomic E-state index is 0.0531. The van der Waals surface area contributed by atoms with Gasteiger partial charge < -0.3 is 5.11 Å². The predicted octanol–water partition coefficient (Wildman–Crippen LogP) is 3.21. The summed E-state index contributed by atoms with van der Waals surface area (Å²) >= 11 is 5.76. The summed E-state index contributed by atoms with van der Waals surface area (Å²) in [4.78, 5) is 10.7. The Morgan fingerprint density at radius 3 is 2.75 bits per heavy atom. The van der Waals surface area contributed by atoms with Crippen molar-refractivity contribution in [1.29, 1.82) is 0 Å². The summed E-state index contributed by atoms with van der Waals surface area (Å²) in [6.45, 7) is 0. The monoisotopic (exact) mass is 234 g/mol. The first-order valence-electron chi connectivity index (χ1n) is 4.99. The molecule has 0 saturated carbocycles. The van der Waals surface area contributed by atoms with Crippen molar-refractivity contribution in [2.75, 3.05) is 0 Å². The molecule has 0 aliphatic carbocycles. The number of aliphatic carboxylic acids is 1. The van der Waals surface area contributed by atoms with Gasteiger partial charge in [-0.25, -0.2) is 0 Å². The molecule has 2 aromatic rings. The van der Waals surface area contributed by atoms with Gasteiger partial charge in [-0.05, 0) is 28.0 Å². The van der Waals surface area contributed by atoms with Crippen LogP contribution in [0.2, 0.25) is 0 Å². The maximum Gasteiger partial charge on any atom is 0.307 e. The number of alkyl halides is 1. The predicted molar refractivity (Wildman–Crippen MR) is 64.8 cm³/mol. The topological polar surface area (TPSA) is 37.3 Å². The van der Waals surface area contributed by atoms with Crippen LogP contribution in [0.4, 0.5) is 0 Å². The van der Waals surface area contributed by atoms with Crippen molar-refractivity contribution in [1.82, 2.24) is 0 Å². The number of hydrogen-bond donors (Lipinski definition) is 1. The Bertz CT molecular complexity index is 534. The van der Waals surface area contributed by atoms with Crippen molar-refractivity contribution in [2.45, 2.75) is 12.3 Å². The molecule has 0 heterocycles. The minimum atomic E-state index is -0.811. The third-order valence-electron chi connectivity index (χ3n) is 2.53. The Morgan fingerprint density at radius 1 is 1.25 bits per heavy atom. The SMILES string of the molecule is O=C(O)Cc1cccc2cc(CCl)ccc12. The van der Waals surface area contributed by atoms with E-state index in [9.17, 15) is 4.79 Å². The molecule has 2 rings (SSSR count). The van der Waals surface area contributed by atoms with E-state index >= 15 is 0 Å². The van der Waals surface area contributed by atoms with E-state index in [1.54, 1.807) is 0 Å². The molecule has 2 nitrogen and oxygen atoms in total. The summed E-state index contributed by atoms with van der Waals surface area (Å²) in [6, 6.07) is 11.5. The smallest absolute Gasteiger partial charge is 0.307 e. The first kappa shape index (κ1) is 11.0. The molecule has 16 heavy (non-hydrogen) atoms. The van der Waals surface area contributed by atoms with Crippen LogP contribution in [0.1, 0.15) is 11.1 Å². The largest absolute Gasteiger partial charge is 0.481 e.